The van der Waals surface area contributed by atoms with Crippen LogP contribution in [-0.4, -0.2) is 40.7 Å². The molecule has 26 heavy (non-hydrogen) atoms. The molecule has 5 N–H and O–H groups in total. The topological polar surface area (TPSA) is 162 Å². The van der Waals surface area contributed by atoms with Gasteiger partial charge in [-0.1, -0.05) is 24.3 Å². The molecule has 2 rings (SSSR count). The van der Waals surface area contributed by atoms with Crippen molar-refractivity contribution in [1.29, 1.82) is 0 Å². The molecule has 1 unspecified atom stereocenters. The van der Waals surface area contributed by atoms with Crippen LogP contribution < -0.4 is 16.1 Å². The molecule has 0 bridgehead atoms. The predicted molar refractivity (Wildman–Crippen MR) is 93.2 cm³/mol. The van der Waals surface area contributed by atoms with Crippen LogP contribution in [0.1, 0.15) is 26.3 Å². The number of hydrogen-bond donors (Lipinski definition) is 4. The zero-order valence-electron chi connectivity index (χ0n) is 13.6. The fourth-order valence-electron chi connectivity index (χ4n) is 2.43. The van der Waals surface area contributed by atoms with Gasteiger partial charge in [-0.3, -0.25) is 4.79 Å². The minimum atomic E-state index is -1.67. The lowest BCUT2D eigenvalue weighted by molar-refractivity contribution is -0.152. The molecule has 2 aliphatic rings. The van der Waals surface area contributed by atoms with Crippen LogP contribution in [0, 0.1) is 0 Å². The first-order chi connectivity index (χ1) is 12.2. The van der Waals surface area contributed by atoms with Gasteiger partial charge in [0, 0.05) is 0 Å². The van der Waals surface area contributed by atoms with Crippen LogP contribution in [0.25, 0.3) is 11.1 Å². The summed E-state index contributed by atoms with van der Waals surface area (Å²) in [6.45, 7) is 1.40. The Balaban J connectivity index is 2.38. The molecular formula is C16H15N2O7P. The Morgan fingerprint density at radius 3 is 2.08 bits per heavy atom. The number of carboxylic acids is 2. The summed E-state index contributed by atoms with van der Waals surface area (Å²) in [6, 6.07) is 5.78. The van der Waals surface area contributed by atoms with E-state index in [1.165, 1.54) is 30.9 Å². The van der Waals surface area contributed by atoms with Crippen LogP contribution in [0.2, 0.25) is 0 Å². The summed E-state index contributed by atoms with van der Waals surface area (Å²) in [5.74, 6) is -2.24. The van der Waals surface area contributed by atoms with Gasteiger partial charge < -0.3 is 20.8 Å². The number of rotatable bonds is 6. The number of hydroxylamine groups is 1. The van der Waals surface area contributed by atoms with Gasteiger partial charge >= 0.3 is 11.9 Å². The molecule has 0 aromatic rings. The van der Waals surface area contributed by atoms with Crippen molar-refractivity contribution in [2.45, 2.75) is 6.42 Å². The first-order valence-electron chi connectivity index (χ1n) is 7.20. The van der Waals surface area contributed by atoms with Crippen molar-refractivity contribution in [2.75, 3.05) is 12.4 Å². The first kappa shape index (κ1) is 19.3. The Morgan fingerprint density at radius 2 is 1.65 bits per heavy atom. The van der Waals surface area contributed by atoms with Gasteiger partial charge in [0.2, 0.25) is 11.9 Å². The molecule has 9 nitrogen and oxygen atoms in total. The Labute approximate surface area is 148 Å². The number of nitrogens with two attached hydrogens (primary N) is 1. The van der Waals surface area contributed by atoms with E-state index < -0.39 is 25.6 Å². The molecule has 0 aromatic carbocycles. The smallest absolute Gasteiger partial charge is 0.338 e. The number of carbonyl (C=O) groups excluding carboxylic acids is 1. The highest BCUT2D eigenvalue weighted by Crippen LogP contribution is 2.38. The number of nitrogen functional groups attached to an aromatic ring is 1. The Morgan fingerprint density at radius 1 is 1.15 bits per heavy atom. The van der Waals surface area contributed by atoms with Crippen molar-refractivity contribution in [3.63, 3.8) is 0 Å². The lowest BCUT2D eigenvalue weighted by Crippen LogP contribution is -2.24. The fraction of sp³-hybridized carbons (Fsp3) is 0.125. The zero-order chi connectivity index (χ0) is 19.4. The number of carbonyl (C=O) groups is 3. The largest absolute Gasteiger partial charge is 0.629 e. The normalized spacial score (nSPS) is 11.4. The average Bonchev–Trinajstić information content (AvgIpc) is 2.67. The maximum absolute atomic E-state index is 11.8. The van der Waals surface area contributed by atoms with Gasteiger partial charge in [-0.05, 0) is 16.7 Å². The predicted octanol–water partition coefficient (Wildman–Crippen LogP) is 0.507. The van der Waals surface area contributed by atoms with E-state index in [0.717, 1.165) is 5.98 Å². The summed E-state index contributed by atoms with van der Waals surface area (Å²) >= 11 is 0. The molecule has 0 radical (unpaired) electrons. The molecule has 2 aliphatic carbocycles. The molecule has 1 amide bonds. The van der Waals surface area contributed by atoms with E-state index in [9.17, 15) is 29.5 Å². The number of anilines is 1. The first-order valence-corrected chi connectivity index (χ1v) is 8.98. The molecule has 0 saturated heterocycles. The number of aromatic carboxylic acids is 2. The van der Waals surface area contributed by atoms with Gasteiger partial charge in [0.25, 0.3) is 0 Å². The molecular weight excluding hydrogens is 363 g/mol. The lowest BCUT2D eigenvalue weighted by Gasteiger charge is -2.00. The highest BCUT2D eigenvalue weighted by Gasteiger charge is 2.28. The molecule has 0 spiro atoms. The number of hydrogen-bond acceptors (Lipinski definition) is 6. The van der Waals surface area contributed by atoms with Crippen LogP contribution in [0.3, 0.4) is 0 Å². The van der Waals surface area contributed by atoms with Crippen LogP contribution in [0.4, 0.5) is 5.69 Å². The Hall–Kier alpha value is -3.00. The van der Waals surface area contributed by atoms with Gasteiger partial charge in [-0.15, -0.1) is 0 Å². The van der Waals surface area contributed by atoms with Crippen molar-refractivity contribution in [3.05, 3.63) is 41.0 Å². The van der Waals surface area contributed by atoms with Crippen LogP contribution in [0.15, 0.2) is 24.3 Å². The van der Waals surface area contributed by atoms with Crippen molar-refractivity contribution < 1.29 is 34.3 Å². The minimum absolute atomic E-state index is 0.119. The van der Waals surface area contributed by atoms with Crippen LogP contribution in [-0.2, 0) is 16.1 Å². The number of nitrogens with one attached hydrogen (secondary N) is 1. The zero-order valence-corrected chi connectivity index (χ0v) is 14.4. The number of fused-ring (bicyclic) bond motifs is 1. The molecule has 0 heterocycles. The minimum Gasteiger partial charge on any atom is -0.629 e. The Kier molecular flexibility index (Phi) is 5.89. The summed E-state index contributed by atoms with van der Waals surface area (Å²) in [6.07, 6.45) is -0.119. The summed E-state index contributed by atoms with van der Waals surface area (Å²) in [5, 5.41) is 18.6. The van der Waals surface area contributed by atoms with E-state index in [1.54, 1.807) is 0 Å². The third-order valence-electron chi connectivity index (χ3n) is 3.46. The lowest BCUT2D eigenvalue weighted by atomic mass is 10.1. The van der Waals surface area contributed by atoms with Gasteiger partial charge in [0.15, 0.2) is 0 Å². The molecule has 0 fully saturated rings. The van der Waals surface area contributed by atoms with Crippen LogP contribution >= 0.6 is 7.77 Å². The summed E-state index contributed by atoms with van der Waals surface area (Å²) in [5.41, 5.74) is 7.66. The van der Waals surface area contributed by atoms with E-state index in [0.29, 0.717) is 5.56 Å². The van der Waals surface area contributed by atoms with E-state index in [4.69, 9.17) is 5.73 Å². The average molecular weight is 378 g/mol. The fourth-order valence-corrected chi connectivity index (χ4v) is 2.63. The quantitative estimate of drug-likeness (QED) is 0.417. The van der Waals surface area contributed by atoms with E-state index in [2.05, 4.69) is 10.3 Å². The van der Waals surface area contributed by atoms with Crippen LogP contribution in [0.5, 0.6) is 0 Å². The van der Waals surface area contributed by atoms with Crippen molar-refractivity contribution >= 4 is 37.3 Å². The van der Waals surface area contributed by atoms with E-state index in [1.807, 2.05) is 0 Å². The maximum Gasteiger partial charge on any atom is 0.338 e. The van der Waals surface area contributed by atoms with Crippen molar-refractivity contribution in [1.82, 2.24) is 5.48 Å². The highest BCUT2D eigenvalue weighted by molar-refractivity contribution is 7.48. The second-order valence-corrected chi connectivity index (χ2v) is 6.62. The SMILES string of the molecule is C[P+]([O-])=CONC(=O)Cc1ccc2c(C(=O)O)c(N)c(C(=O)O)c-2cc1. The summed E-state index contributed by atoms with van der Waals surface area (Å²) in [4.78, 5) is 50.1. The Bertz CT molecular complexity index is 839. The molecule has 0 saturated carbocycles. The van der Waals surface area contributed by atoms with E-state index >= 15 is 0 Å². The number of amides is 1. The monoisotopic (exact) mass is 378 g/mol. The molecule has 0 aliphatic heterocycles. The van der Waals surface area contributed by atoms with Gasteiger partial charge in [-0.2, -0.15) is 4.84 Å². The van der Waals surface area contributed by atoms with Gasteiger partial charge in [0.05, 0.1) is 37.7 Å². The maximum atomic E-state index is 11.8. The number of carboxylic acid groups (broad SMARTS) is 2. The van der Waals surface area contributed by atoms with Crippen molar-refractivity contribution in [2.24, 2.45) is 0 Å². The molecule has 1 atom stereocenters. The summed E-state index contributed by atoms with van der Waals surface area (Å²) in [7, 11) is -1.67. The van der Waals surface area contributed by atoms with Crippen molar-refractivity contribution in [3.8, 4) is 11.1 Å². The van der Waals surface area contributed by atoms with E-state index in [-0.39, 0.29) is 34.4 Å². The second-order valence-electron chi connectivity index (χ2n) is 5.31. The summed E-state index contributed by atoms with van der Waals surface area (Å²) < 4.78 is 0. The third kappa shape index (κ3) is 4.15. The highest BCUT2D eigenvalue weighted by atomic mass is 31.1. The van der Waals surface area contributed by atoms with Gasteiger partial charge in [-0.25, -0.2) is 15.1 Å². The molecule has 136 valence electrons. The standard InChI is InChI=1S/C16H15N2O7P/c1-26(24)7-25-18-11(19)6-8-2-4-9-10(5-3-8)13(16(22)23)14(17)12(9)15(20)21/h2-5,7H,6,17H2,1H3,(H,18,19)(H,20,21)(H,22,23). The molecule has 10 heteroatoms. The van der Waals surface area contributed by atoms with Gasteiger partial charge in [0.1, 0.15) is 0 Å². The third-order valence-corrected chi connectivity index (χ3v) is 3.86. The molecule has 0 aromatic heterocycles. The second kappa shape index (κ2) is 7.92.